The molecule has 9 heteroatoms. The van der Waals surface area contributed by atoms with E-state index in [1.54, 1.807) is 24.3 Å². The number of aromatic nitrogens is 1. The van der Waals surface area contributed by atoms with Gasteiger partial charge in [-0.25, -0.2) is 4.98 Å². The summed E-state index contributed by atoms with van der Waals surface area (Å²) in [6.45, 7) is -1.74. The highest BCUT2D eigenvalue weighted by Crippen LogP contribution is 2.20. The molecule has 5 nitrogen and oxygen atoms in total. The van der Waals surface area contributed by atoms with Crippen LogP contribution in [0.3, 0.4) is 0 Å². The number of alkyl halides is 3. The molecule has 0 bridgehead atoms. The second-order valence-corrected chi connectivity index (χ2v) is 5.33. The van der Waals surface area contributed by atoms with Gasteiger partial charge in [0.15, 0.2) is 13.2 Å². The van der Waals surface area contributed by atoms with Crippen LogP contribution in [0.2, 0.25) is 5.02 Å². The van der Waals surface area contributed by atoms with Crippen molar-refractivity contribution in [3.8, 4) is 11.6 Å². The van der Waals surface area contributed by atoms with E-state index in [4.69, 9.17) is 16.3 Å². The average molecular weight is 375 g/mol. The number of rotatable bonds is 7. The molecule has 0 atom stereocenters. The number of ether oxygens (including phenoxy) is 2. The number of benzene rings is 1. The fraction of sp³-hybridized carbons (Fsp3) is 0.250. The standard InChI is InChI=1S/C16H14ClF3N2O3/c17-12-3-5-13(6-4-12)24-9-14(23)22-8-11-2-1-7-21-15(11)25-10-16(18,19)20/h1-7H,8-10H2,(H,22,23). The van der Waals surface area contributed by atoms with Crippen molar-refractivity contribution in [2.75, 3.05) is 13.2 Å². The van der Waals surface area contributed by atoms with Gasteiger partial charge in [0.25, 0.3) is 5.91 Å². The lowest BCUT2D eigenvalue weighted by atomic mass is 10.2. The van der Waals surface area contributed by atoms with Gasteiger partial charge in [-0.3, -0.25) is 4.79 Å². The summed E-state index contributed by atoms with van der Waals surface area (Å²) in [7, 11) is 0. The molecule has 1 heterocycles. The van der Waals surface area contributed by atoms with Crippen molar-refractivity contribution >= 4 is 17.5 Å². The van der Waals surface area contributed by atoms with Crippen LogP contribution >= 0.6 is 11.6 Å². The van der Waals surface area contributed by atoms with Crippen LogP contribution in [0.15, 0.2) is 42.6 Å². The Bertz CT molecular complexity index is 709. The average Bonchev–Trinajstić information content (AvgIpc) is 2.57. The Morgan fingerprint density at radius 3 is 2.56 bits per heavy atom. The quantitative estimate of drug-likeness (QED) is 0.807. The lowest BCUT2D eigenvalue weighted by Crippen LogP contribution is -2.29. The van der Waals surface area contributed by atoms with E-state index in [0.717, 1.165) is 0 Å². The maximum Gasteiger partial charge on any atom is 0.422 e. The third-order valence-electron chi connectivity index (χ3n) is 2.88. The van der Waals surface area contributed by atoms with Gasteiger partial charge in [0.05, 0.1) is 0 Å². The molecule has 2 rings (SSSR count). The number of nitrogens with one attached hydrogen (secondary N) is 1. The van der Waals surface area contributed by atoms with Gasteiger partial charge >= 0.3 is 6.18 Å². The molecule has 1 amide bonds. The number of hydrogen-bond acceptors (Lipinski definition) is 4. The van der Waals surface area contributed by atoms with E-state index < -0.39 is 18.7 Å². The van der Waals surface area contributed by atoms with Crippen LogP contribution in [-0.2, 0) is 11.3 Å². The third kappa shape index (κ3) is 6.88. The van der Waals surface area contributed by atoms with E-state index in [0.29, 0.717) is 16.3 Å². The van der Waals surface area contributed by atoms with Crippen molar-refractivity contribution in [1.29, 1.82) is 0 Å². The molecule has 0 aliphatic heterocycles. The molecule has 0 unspecified atom stereocenters. The summed E-state index contributed by atoms with van der Waals surface area (Å²) in [6.07, 6.45) is -3.16. The van der Waals surface area contributed by atoms with Crippen molar-refractivity contribution < 1.29 is 27.4 Å². The predicted octanol–water partition coefficient (Wildman–Crippen LogP) is 3.37. The van der Waals surface area contributed by atoms with E-state index in [1.807, 2.05) is 0 Å². The molecule has 0 saturated heterocycles. The van der Waals surface area contributed by atoms with Crippen LogP contribution in [-0.4, -0.2) is 30.3 Å². The molecule has 0 radical (unpaired) electrons. The SMILES string of the molecule is O=C(COc1ccc(Cl)cc1)NCc1cccnc1OCC(F)(F)F. The summed E-state index contributed by atoms with van der Waals surface area (Å²) >= 11 is 5.74. The maximum atomic E-state index is 12.2. The Balaban J connectivity index is 1.84. The zero-order chi connectivity index (χ0) is 18.3. The van der Waals surface area contributed by atoms with E-state index in [-0.39, 0.29) is 19.0 Å². The molecule has 0 fully saturated rings. The molecule has 0 aliphatic rings. The first kappa shape index (κ1) is 18.9. The Hall–Kier alpha value is -2.48. The Morgan fingerprint density at radius 2 is 1.88 bits per heavy atom. The highest BCUT2D eigenvalue weighted by Gasteiger charge is 2.29. The fourth-order valence-corrected chi connectivity index (χ4v) is 1.89. The first-order valence-electron chi connectivity index (χ1n) is 7.12. The number of carbonyl (C=O) groups is 1. The zero-order valence-electron chi connectivity index (χ0n) is 12.8. The summed E-state index contributed by atoms with van der Waals surface area (Å²) in [4.78, 5) is 15.5. The second kappa shape index (κ2) is 8.57. The number of nitrogens with zero attached hydrogens (tertiary/aromatic N) is 1. The third-order valence-corrected chi connectivity index (χ3v) is 3.13. The minimum atomic E-state index is -4.47. The Labute approximate surface area is 146 Å². The van der Waals surface area contributed by atoms with Crippen LogP contribution in [0.4, 0.5) is 13.2 Å². The summed E-state index contributed by atoms with van der Waals surface area (Å²) in [5.74, 6) is -0.158. The van der Waals surface area contributed by atoms with Crippen LogP contribution in [0.5, 0.6) is 11.6 Å². The number of carbonyl (C=O) groups excluding carboxylic acids is 1. The minimum absolute atomic E-state index is 0.0379. The molecule has 134 valence electrons. The van der Waals surface area contributed by atoms with Crippen molar-refractivity contribution in [3.05, 3.63) is 53.2 Å². The lowest BCUT2D eigenvalue weighted by Gasteiger charge is -2.12. The summed E-state index contributed by atoms with van der Waals surface area (Å²) in [5, 5.41) is 3.07. The molecule has 1 N–H and O–H groups in total. The van der Waals surface area contributed by atoms with Crippen LogP contribution in [0.1, 0.15) is 5.56 Å². The number of halogens is 4. The molecule has 25 heavy (non-hydrogen) atoms. The smallest absolute Gasteiger partial charge is 0.422 e. The van der Waals surface area contributed by atoms with Gasteiger partial charge < -0.3 is 14.8 Å². The van der Waals surface area contributed by atoms with Gasteiger partial charge in [-0.1, -0.05) is 17.7 Å². The maximum absolute atomic E-state index is 12.2. The van der Waals surface area contributed by atoms with Crippen LogP contribution in [0, 0.1) is 0 Å². The van der Waals surface area contributed by atoms with Crippen molar-refractivity contribution in [2.24, 2.45) is 0 Å². The van der Waals surface area contributed by atoms with E-state index >= 15 is 0 Å². The fourth-order valence-electron chi connectivity index (χ4n) is 1.76. The molecule has 1 aromatic carbocycles. The number of hydrogen-bond donors (Lipinski definition) is 1. The van der Waals surface area contributed by atoms with Gasteiger partial charge in [0.1, 0.15) is 5.75 Å². The van der Waals surface area contributed by atoms with Gasteiger partial charge in [0, 0.05) is 23.3 Å². The summed E-state index contributed by atoms with van der Waals surface area (Å²) < 4.78 is 46.6. The summed E-state index contributed by atoms with van der Waals surface area (Å²) in [5.41, 5.74) is 0.326. The van der Waals surface area contributed by atoms with Gasteiger partial charge in [-0.05, 0) is 30.3 Å². The molecule has 1 aromatic heterocycles. The highest BCUT2D eigenvalue weighted by molar-refractivity contribution is 6.30. The Kier molecular flexibility index (Phi) is 6.46. The van der Waals surface area contributed by atoms with Crippen LogP contribution in [0.25, 0.3) is 0 Å². The molecular formula is C16H14ClF3N2O3. The molecule has 0 aliphatic carbocycles. The molecule has 2 aromatic rings. The Morgan fingerprint density at radius 1 is 1.16 bits per heavy atom. The monoisotopic (exact) mass is 374 g/mol. The lowest BCUT2D eigenvalue weighted by molar-refractivity contribution is -0.154. The topological polar surface area (TPSA) is 60.5 Å². The predicted molar refractivity (Wildman–Crippen MR) is 84.6 cm³/mol. The second-order valence-electron chi connectivity index (χ2n) is 4.89. The van der Waals surface area contributed by atoms with Gasteiger partial charge in [-0.2, -0.15) is 13.2 Å². The van der Waals surface area contributed by atoms with Crippen molar-refractivity contribution in [3.63, 3.8) is 0 Å². The van der Waals surface area contributed by atoms with Crippen LogP contribution < -0.4 is 14.8 Å². The van der Waals surface area contributed by atoms with Crippen molar-refractivity contribution in [2.45, 2.75) is 12.7 Å². The molecule has 0 spiro atoms. The van der Waals surface area contributed by atoms with E-state index in [1.165, 1.54) is 18.3 Å². The van der Waals surface area contributed by atoms with E-state index in [9.17, 15) is 18.0 Å². The molecule has 0 saturated carbocycles. The van der Waals surface area contributed by atoms with Gasteiger partial charge in [0.2, 0.25) is 5.88 Å². The normalized spacial score (nSPS) is 11.0. The highest BCUT2D eigenvalue weighted by atomic mass is 35.5. The first-order valence-corrected chi connectivity index (χ1v) is 7.50. The minimum Gasteiger partial charge on any atom is -0.484 e. The van der Waals surface area contributed by atoms with Gasteiger partial charge in [-0.15, -0.1) is 0 Å². The van der Waals surface area contributed by atoms with E-state index in [2.05, 4.69) is 15.0 Å². The summed E-state index contributed by atoms with van der Waals surface area (Å²) in [6, 6.07) is 9.51. The largest absolute Gasteiger partial charge is 0.484 e. The molecular weight excluding hydrogens is 361 g/mol. The first-order chi connectivity index (χ1) is 11.8. The number of pyridine rings is 1. The zero-order valence-corrected chi connectivity index (χ0v) is 13.6. The van der Waals surface area contributed by atoms with Crippen molar-refractivity contribution in [1.82, 2.24) is 10.3 Å². The number of amides is 1.